The van der Waals surface area contributed by atoms with Gasteiger partial charge in [-0.05, 0) is 37.5 Å². The highest BCUT2D eigenvalue weighted by Crippen LogP contribution is 2.35. The molecule has 0 fully saturated rings. The number of carboxylic acid groups (broad SMARTS) is 1. The molecule has 0 saturated carbocycles. The van der Waals surface area contributed by atoms with Gasteiger partial charge in [-0.25, -0.2) is 4.98 Å². The van der Waals surface area contributed by atoms with Gasteiger partial charge in [-0.1, -0.05) is 18.2 Å². The van der Waals surface area contributed by atoms with Crippen LogP contribution in [0.5, 0.6) is 0 Å². The molecule has 2 atom stereocenters. The highest BCUT2D eigenvalue weighted by molar-refractivity contribution is 5.74. The lowest BCUT2D eigenvalue weighted by Crippen LogP contribution is -2.23. The summed E-state index contributed by atoms with van der Waals surface area (Å²) in [6.45, 7) is 1.99. The van der Waals surface area contributed by atoms with Crippen molar-refractivity contribution in [3.63, 3.8) is 0 Å². The van der Waals surface area contributed by atoms with E-state index in [-0.39, 0.29) is 5.92 Å². The Labute approximate surface area is 110 Å². The standard InChI is InChI=1S/C15H15NO3/c1-9-6-7-12-13(8-9)19-14(16-12)10-4-2-3-5-11(10)15(17)18/h2-3,6-8,10-11H,4-5H2,1H3,(H,17,18)/t10-,11+/m1/s1. The van der Waals surface area contributed by atoms with Crippen molar-refractivity contribution in [2.45, 2.75) is 25.7 Å². The minimum Gasteiger partial charge on any atom is -0.481 e. The molecule has 19 heavy (non-hydrogen) atoms. The van der Waals surface area contributed by atoms with Gasteiger partial charge in [-0.2, -0.15) is 0 Å². The van der Waals surface area contributed by atoms with E-state index in [1.54, 1.807) is 0 Å². The molecule has 98 valence electrons. The molecule has 0 unspecified atom stereocenters. The molecule has 4 nitrogen and oxygen atoms in total. The third-order valence-corrected chi connectivity index (χ3v) is 3.63. The Morgan fingerprint density at radius 1 is 1.37 bits per heavy atom. The summed E-state index contributed by atoms with van der Waals surface area (Å²) in [5, 5.41) is 9.29. The molecule has 2 aromatic rings. The van der Waals surface area contributed by atoms with Crippen molar-refractivity contribution >= 4 is 17.1 Å². The fourth-order valence-electron chi connectivity index (χ4n) is 2.57. The van der Waals surface area contributed by atoms with Crippen LogP contribution < -0.4 is 0 Å². The molecule has 1 heterocycles. The van der Waals surface area contributed by atoms with Gasteiger partial charge in [0.25, 0.3) is 0 Å². The Morgan fingerprint density at radius 2 is 2.16 bits per heavy atom. The maximum Gasteiger partial charge on any atom is 0.307 e. The van der Waals surface area contributed by atoms with Crippen molar-refractivity contribution in [1.29, 1.82) is 0 Å². The van der Waals surface area contributed by atoms with E-state index in [9.17, 15) is 9.90 Å². The number of hydrogen-bond donors (Lipinski definition) is 1. The minimum absolute atomic E-state index is 0.171. The van der Waals surface area contributed by atoms with Crippen molar-refractivity contribution < 1.29 is 14.3 Å². The Bertz CT molecular complexity index is 656. The lowest BCUT2D eigenvalue weighted by Gasteiger charge is -2.21. The van der Waals surface area contributed by atoms with Gasteiger partial charge >= 0.3 is 5.97 Å². The van der Waals surface area contributed by atoms with Crippen molar-refractivity contribution in [3.8, 4) is 0 Å². The summed E-state index contributed by atoms with van der Waals surface area (Å²) < 4.78 is 5.76. The van der Waals surface area contributed by atoms with E-state index < -0.39 is 11.9 Å². The number of fused-ring (bicyclic) bond motifs is 1. The molecule has 1 aromatic carbocycles. The fourth-order valence-corrected chi connectivity index (χ4v) is 2.57. The molecule has 4 heteroatoms. The number of aryl methyl sites for hydroxylation is 1. The summed E-state index contributed by atoms with van der Waals surface area (Å²) in [5.41, 5.74) is 2.63. The molecule has 0 amide bonds. The average Bonchev–Trinajstić information content (AvgIpc) is 2.81. The predicted octanol–water partition coefficient (Wildman–Crippen LogP) is 3.27. The zero-order valence-corrected chi connectivity index (χ0v) is 10.7. The van der Waals surface area contributed by atoms with Crippen molar-refractivity contribution in [2.75, 3.05) is 0 Å². The second kappa shape index (κ2) is 4.53. The second-order valence-electron chi connectivity index (χ2n) is 5.02. The third-order valence-electron chi connectivity index (χ3n) is 3.63. The van der Waals surface area contributed by atoms with Gasteiger partial charge < -0.3 is 9.52 Å². The number of carboxylic acids is 1. The Morgan fingerprint density at radius 3 is 2.95 bits per heavy atom. The van der Waals surface area contributed by atoms with Crippen molar-refractivity contribution in [3.05, 3.63) is 41.8 Å². The Kier molecular flexibility index (Phi) is 2.85. The number of benzene rings is 1. The molecule has 1 aliphatic carbocycles. The molecule has 0 radical (unpaired) electrons. The monoisotopic (exact) mass is 257 g/mol. The lowest BCUT2D eigenvalue weighted by molar-refractivity contribution is -0.142. The van der Waals surface area contributed by atoms with Crippen LogP contribution in [0.25, 0.3) is 11.1 Å². The minimum atomic E-state index is -0.784. The largest absolute Gasteiger partial charge is 0.481 e. The topological polar surface area (TPSA) is 63.3 Å². The molecule has 0 aliphatic heterocycles. The summed E-state index contributed by atoms with van der Waals surface area (Å²) in [6.07, 6.45) is 5.13. The summed E-state index contributed by atoms with van der Waals surface area (Å²) in [7, 11) is 0. The number of oxazole rings is 1. The van der Waals surface area contributed by atoms with E-state index in [0.29, 0.717) is 18.7 Å². The maximum atomic E-state index is 11.3. The smallest absolute Gasteiger partial charge is 0.307 e. The van der Waals surface area contributed by atoms with E-state index in [2.05, 4.69) is 4.98 Å². The molecule has 0 saturated heterocycles. The molecule has 1 aliphatic rings. The van der Waals surface area contributed by atoms with Crippen LogP contribution in [-0.2, 0) is 4.79 Å². The molecule has 0 spiro atoms. The summed E-state index contributed by atoms with van der Waals surface area (Å²) >= 11 is 0. The van der Waals surface area contributed by atoms with Gasteiger partial charge in [0.15, 0.2) is 11.5 Å². The molecule has 1 N–H and O–H groups in total. The third kappa shape index (κ3) is 2.14. The fraction of sp³-hybridized carbons (Fsp3) is 0.333. The Hall–Kier alpha value is -2.10. The zero-order valence-electron chi connectivity index (χ0n) is 10.7. The summed E-state index contributed by atoms with van der Waals surface area (Å²) in [5.74, 6) is -0.862. The van der Waals surface area contributed by atoms with Crippen LogP contribution in [0.2, 0.25) is 0 Å². The number of aliphatic carboxylic acids is 1. The van der Waals surface area contributed by atoms with Crippen LogP contribution in [0.1, 0.15) is 30.2 Å². The number of nitrogens with zero attached hydrogens (tertiary/aromatic N) is 1. The molecular weight excluding hydrogens is 242 g/mol. The number of carbonyl (C=O) groups is 1. The van der Waals surface area contributed by atoms with Crippen LogP contribution in [0.4, 0.5) is 0 Å². The Balaban J connectivity index is 2.02. The first-order valence-electron chi connectivity index (χ1n) is 6.40. The first kappa shape index (κ1) is 12.0. The van der Waals surface area contributed by atoms with Gasteiger partial charge in [0.2, 0.25) is 0 Å². The first-order valence-corrected chi connectivity index (χ1v) is 6.40. The lowest BCUT2D eigenvalue weighted by atomic mass is 9.83. The van der Waals surface area contributed by atoms with Crippen LogP contribution in [0, 0.1) is 12.8 Å². The van der Waals surface area contributed by atoms with E-state index in [1.165, 1.54) is 0 Å². The van der Waals surface area contributed by atoms with E-state index in [4.69, 9.17) is 4.42 Å². The normalized spacial score (nSPS) is 22.8. The van der Waals surface area contributed by atoms with Crippen LogP contribution in [0.3, 0.4) is 0 Å². The highest BCUT2D eigenvalue weighted by Gasteiger charge is 2.33. The van der Waals surface area contributed by atoms with Crippen LogP contribution in [0.15, 0.2) is 34.8 Å². The SMILES string of the molecule is Cc1ccc2nc([C@@H]3CC=CC[C@@H]3C(=O)O)oc2c1. The van der Waals surface area contributed by atoms with Gasteiger partial charge in [0.1, 0.15) is 5.52 Å². The maximum absolute atomic E-state index is 11.3. The van der Waals surface area contributed by atoms with Crippen LogP contribution in [-0.4, -0.2) is 16.1 Å². The van der Waals surface area contributed by atoms with E-state index in [0.717, 1.165) is 16.7 Å². The first-order chi connectivity index (χ1) is 9.15. The van der Waals surface area contributed by atoms with Crippen LogP contribution >= 0.6 is 0 Å². The highest BCUT2D eigenvalue weighted by atomic mass is 16.4. The van der Waals surface area contributed by atoms with Gasteiger partial charge in [-0.3, -0.25) is 4.79 Å². The zero-order chi connectivity index (χ0) is 13.4. The average molecular weight is 257 g/mol. The number of rotatable bonds is 2. The van der Waals surface area contributed by atoms with Gasteiger partial charge in [0.05, 0.1) is 11.8 Å². The van der Waals surface area contributed by atoms with E-state index >= 15 is 0 Å². The molecule has 3 rings (SSSR count). The summed E-state index contributed by atoms with van der Waals surface area (Å²) in [4.78, 5) is 15.8. The van der Waals surface area contributed by atoms with E-state index in [1.807, 2.05) is 37.3 Å². The molecule has 1 aromatic heterocycles. The van der Waals surface area contributed by atoms with Gasteiger partial charge in [0, 0.05) is 0 Å². The quantitative estimate of drug-likeness (QED) is 0.839. The predicted molar refractivity (Wildman–Crippen MR) is 71.0 cm³/mol. The number of aromatic nitrogens is 1. The molecule has 0 bridgehead atoms. The van der Waals surface area contributed by atoms with Crippen molar-refractivity contribution in [1.82, 2.24) is 4.98 Å². The van der Waals surface area contributed by atoms with Gasteiger partial charge in [-0.15, -0.1) is 0 Å². The van der Waals surface area contributed by atoms with Crippen molar-refractivity contribution in [2.24, 2.45) is 5.92 Å². The number of allylic oxidation sites excluding steroid dienone is 2. The second-order valence-corrected chi connectivity index (χ2v) is 5.02. The molecular formula is C15H15NO3. The number of hydrogen-bond acceptors (Lipinski definition) is 3. The summed E-state index contributed by atoms with van der Waals surface area (Å²) in [6, 6.07) is 5.82.